The quantitative estimate of drug-likeness (QED) is 0.725. The van der Waals surface area contributed by atoms with Crippen molar-refractivity contribution in [3.05, 3.63) is 35.9 Å². The minimum absolute atomic E-state index is 0.484. The van der Waals surface area contributed by atoms with Crippen molar-refractivity contribution < 1.29 is 28.2 Å². The van der Waals surface area contributed by atoms with Gasteiger partial charge in [-0.15, -0.1) is 0 Å². The van der Waals surface area contributed by atoms with Gasteiger partial charge in [0.1, 0.15) is 5.54 Å². The van der Waals surface area contributed by atoms with E-state index in [0.29, 0.717) is 5.56 Å². The number of nitrogens with one attached hydrogen (secondary N) is 1. The number of rotatable bonds is 6. The maximum atomic E-state index is 13.8. The maximum absolute atomic E-state index is 13.8. The van der Waals surface area contributed by atoms with Crippen molar-refractivity contribution in [1.82, 2.24) is 10.2 Å². The third kappa shape index (κ3) is 5.34. The fourth-order valence-electron chi connectivity index (χ4n) is 2.43. The van der Waals surface area contributed by atoms with E-state index in [-0.39, 0.29) is 0 Å². The summed E-state index contributed by atoms with van der Waals surface area (Å²) in [6, 6.07) is 7.25. The highest BCUT2D eigenvalue weighted by Gasteiger charge is 2.54. The third-order valence-electron chi connectivity index (χ3n) is 4.02. The molecule has 0 spiro atoms. The number of carboxylic acid groups (broad SMARTS) is 1. The molecule has 0 fully saturated rings. The molecule has 0 radical (unpaired) electrons. The summed E-state index contributed by atoms with van der Waals surface area (Å²) >= 11 is 0. The Morgan fingerprint density at radius 1 is 1.16 bits per heavy atom. The van der Waals surface area contributed by atoms with E-state index in [4.69, 9.17) is 0 Å². The number of carbonyl (C=O) groups is 1. The molecule has 0 bridgehead atoms. The average molecular weight is 362 g/mol. The van der Waals surface area contributed by atoms with E-state index in [1.807, 2.05) is 0 Å². The molecular formula is C17H25F3N2O3. The summed E-state index contributed by atoms with van der Waals surface area (Å²) in [4.78, 5) is 12.2. The largest absolute Gasteiger partial charge is 0.465 e. The van der Waals surface area contributed by atoms with Crippen LogP contribution in [0.5, 0.6) is 0 Å². The van der Waals surface area contributed by atoms with Crippen LogP contribution in [0.25, 0.3) is 0 Å². The first-order valence-corrected chi connectivity index (χ1v) is 7.82. The Morgan fingerprint density at radius 2 is 1.68 bits per heavy atom. The van der Waals surface area contributed by atoms with Crippen LogP contribution in [-0.2, 0) is 0 Å². The van der Waals surface area contributed by atoms with E-state index >= 15 is 0 Å². The van der Waals surface area contributed by atoms with Crippen molar-refractivity contribution in [1.29, 1.82) is 0 Å². The van der Waals surface area contributed by atoms with Crippen LogP contribution < -0.4 is 5.32 Å². The number of hydrogen-bond acceptors (Lipinski definition) is 3. The van der Waals surface area contributed by atoms with Gasteiger partial charge in [-0.1, -0.05) is 30.3 Å². The fourth-order valence-corrected chi connectivity index (χ4v) is 2.43. The monoisotopic (exact) mass is 362 g/mol. The Kier molecular flexibility index (Phi) is 6.47. The lowest BCUT2D eigenvalue weighted by atomic mass is 9.94. The average Bonchev–Trinajstić information content (AvgIpc) is 2.48. The van der Waals surface area contributed by atoms with Gasteiger partial charge in [0.05, 0.1) is 19.2 Å². The maximum Gasteiger partial charge on any atom is 0.408 e. The van der Waals surface area contributed by atoms with Gasteiger partial charge >= 0.3 is 12.3 Å². The number of nitrogens with zero attached hydrogens (tertiary/aromatic N) is 1. The first kappa shape index (κ1) is 21.2. The molecule has 0 aliphatic rings. The summed E-state index contributed by atoms with van der Waals surface area (Å²) in [6.07, 6.45) is -6.17. The molecule has 3 N–H and O–H groups in total. The number of halogens is 3. The molecule has 1 aromatic rings. The van der Waals surface area contributed by atoms with Gasteiger partial charge in [-0.2, -0.15) is 13.2 Å². The molecule has 0 aromatic heterocycles. The van der Waals surface area contributed by atoms with Crippen LogP contribution in [0.2, 0.25) is 0 Å². The topological polar surface area (TPSA) is 72.8 Å². The van der Waals surface area contributed by atoms with Crippen molar-refractivity contribution in [3.8, 4) is 0 Å². The van der Waals surface area contributed by atoms with Crippen molar-refractivity contribution in [2.45, 2.75) is 51.0 Å². The van der Waals surface area contributed by atoms with Crippen LogP contribution in [0.1, 0.15) is 39.3 Å². The van der Waals surface area contributed by atoms with Crippen molar-refractivity contribution in [2.75, 3.05) is 13.2 Å². The van der Waals surface area contributed by atoms with Gasteiger partial charge < -0.3 is 15.1 Å². The van der Waals surface area contributed by atoms with Gasteiger partial charge in [-0.25, -0.2) is 4.79 Å². The summed E-state index contributed by atoms with van der Waals surface area (Å²) in [5, 5.41) is 21.3. The van der Waals surface area contributed by atoms with Gasteiger partial charge in [0.25, 0.3) is 0 Å². The van der Waals surface area contributed by atoms with Gasteiger partial charge in [0, 0.05) is 5.54 Å². The lowest BCUT2D eigenvalue weighted by molar-refractivity contribution is -0.200. The van der Waals surface area contributed by atoms with Crippen molar-refractivity contribution in [2.24, 2.45) is 0 Å². The normalized spacial score (nSPS) is 16.2. The highest BCUT2D eigenvalue weighted by molar-refractivity contribution is 5.66. The summed E-state index contributed by atoms with van der Waals surface area (Å²) in [5.41, 5.74) is -3.07. The van der Waals surface area contributed by atoms with Crippen LogP contribution in [0.15, 0.2) is 30.3 Å². The SMILES string of the molecule is CC(C)(C)N(CC(C)(NC(CO)c1ccccc1)C(F)(F)F)C(=O)O. The summed E-state index contributed by atoms with van der Waals surface area (Å²) in [7, 11) is 0. The van der Waals surface area contributed by atoms with E-state index in [1.54, 1.807) is 30.3 Å². The second-order valence-electron chi connectivity index (χ2n) is 7.16. The van der Waals surface area contributed by atoms with Crippen LogP contribution in [0.3, 0.4) is 0 Å². The first-order chi connectivity index (χ1) is 11.3. The molecule has 0 saturated heterocycles. The summed E-state index contributed by atoms with van der Waals surface area (Å²) < 4.78 is 41.3. The molecule has 25 heavy (non-hydrogen) atoms. The third-order valence-corrected chi connectivity index (χ3v) is 4.02. The Bertz CT molecular complexity index is 573. The summed E-state index contributed by atoms with van der Waals surface area (Å²) in [6.45, 7) is 4.12. The van der Waals surface area contributed by atoms with Crippen LogP contribution in [-0.4, -0.2) is 51.6 Å². The van der Waals surface area contributed by atoms with E-state index in [1.165, 1.54) is 20.8 Å². The zero-order chi connectivity index (χ0) is 19.5. The zero-order valence-corrected chi connectivity index (χ0v) is 14.8. The lowest BCUT2D eigenvalue weighted by Crippen LogP contribution is -2.64. The zero-order valence-electron chi connectivity index (χ0n) is 14.8. The van der Waals surface area contributed by atoms with E-state index in [0.717, 1.165) is 11.8 Å². The molecule has 142 valence electrons. The van der Waals surface area contributed by atoms with Gasteiger partial charge in [0.2, 0.25) is 0 Å². The lowest BCUT2D eigenvalue weighted by Gasteiger charge is -2.43. The molecule has 1 rings (SSSR count). The first-order valence-electron chi connectivity index (χ1n) is 7.82. The van der Waals surface area contributed by atoms with Crippen molar-refractivity contribution >= 4 is 6.09 Å². The number of amides is 1. The molecule has 0 aliphatic heterocycles. The molecule has 2 atom stereocenters. The highest BCUT2D eigenvalue weighted by atomic mass is 19.4. The van der Waals surface area contributed by atoms with Gasteiger partial charge in [-0.05, 0) is 33.3 Å². The van der Waals surface area contributed by atoms with E-state index in [9.17, 15) is 28.2 Å². The number of benzene rings is 1. The number of aliphatic hydroxyl groups is 1. The number of aliphatic hydroxyl groups excluding tert-OH is 1. The number of hydrogen-bond donors (Lipinski definition) is 3. The second kappa shape index (κ2) is 7.61. The van der Waals surface area contributed by atoms with Crippen LogP contribution in [0, 0.1) is 0 Å². The fraction of sp³-hybridized carbons (Fsp3) is 0.588. The van der Waals surface area contributed by atoms with Crippen LogP contribution >= 0.6 is 0 Å². The van der Waals surface area contributed by atoms with Crippen molar-refractivity contribution in [3.63, 3.8) is 0 Å². The molecule has 8 heteroatoms. The van der Waals surface area contributed by atoms with Gasteiger partial charge in [0.15, 0.2) is 0 Å². The molecular weight excluding hydrogens is 337 g/mol. The molecule has 0 aliphatic carbocycles. The predicted molar refractivity (Wildman–Crippen MR) is 88.3 cm³/mol. The molecule has 0 heterocycles. The minimum Gasteiger partial charge on any atom is -0.465 e. The number of alkyl halides is 3. The standard InChI is InChI=1S/C17H25F3N2O3/c1-15(2,3)22(14(24)25)11-16(4,17(18,19)20)21-13(10-23)12-8-6-5-7-9-12/h5-9,13,21,23H,10-11H2,1-4H3,(H,24,25). The molecule has 5 nitrogen and oxygen atoms in total. The van der Waals surface area contributed by atoms with Crippen LogP contribution in [0.4, 0.5) is 18.0 Å². The Labute approximate surface area is 145 Å². The highest BCUT2D eigenvalue weighted by Crippen LogP contribution is 2.34. The Balaban J connectivity index is 3.20. The smallest absolute Gasteiger partial charge is 0.408 e. The minimum atomic E-state index is -4.73. The molecule has 2 unspecified atom stereocenters. The van der Waals surface area contributed by atoms with Gasteiger partial charge in [-0.3, -0.25) is 5.32 Å². The Morgan fingerprint density at radius 3 is 2.04 bits per heavy atom. The summed E-state index contributed by atoms with van der Waals surface area (Å²) in [5.74, 6) is 0. The second-order valence-corrected chi connectivity index (χ2v) is 7.16. The predicted octanol–water partition coefficient (Wildman–Crippen LogP) is 3.41. The Hall–Kier alpha value is -1.80. The van der Waals surface area contributed by atoms with E-state index in [2.05, 4.69) is 5.32 Å². The van der Waals surface area contributed by atoms with E-state index < -0.39 is 42.5 Å². The molecule has 0 saturated carbocycles. The molecule has 1 amide bonds. The molecule has 1 aromatic carbocycles.